The van der Waals surface area contributed by atoms with Crippen LogP contribution >= 0.6 is 11.6 Å². The SMILES string of the molecule is Cc1ccc(CNC(=O)CN2CCN(Cc3ccc(Cl)cc3)S2(=O)=O)cc1. The van der Waals surface area contributed by atoms with Crippen LogP contribution in [0.1, 0.15) is 16.7 Å². The molecule has 2 aromatic carbocycles. The van der Waals surface area contributed by atoms with Gasteiger partial charge in [0, 0.05) is 31.2 Å². The van der Waals surface area contributed by atoms with Crippen LogP contribution in [0, 0.1) is 6.92 Å². The van der Waals surface area contributed by atoms with Gasteiger partial charge in [0.1, 0.15) is 0 Å². The fraction of sp³-hybridized carbons (Fsp3) is 0.316. The summed E-state index contributed by atoms with van der Waals surface area (Å²) in [6.07, 6.45) is 0. The van der Waals surface area contributed by atoms with E-state index in [-0.39, 0.29) is 19.0 Å². The van der Waals surface area contributed by atoms with Gasteiger partial charge >= 0.3 is 0 Å². The van der Waals surface area contributed by atoms with Gasteiger partial charge in [-0.25, -0.2) is 0 Å². The van der Waals surface area contributed by atoms with E-state index in [0.717, 1.165) is 16.7 Å². The van der Waals surface area contributed by atoms with Crippen molar-refractivity contribution in [3.05, 3.63) is 70.2 Å². The Morgan fingerprint density at radius 2 is 1.59 bits per heavy atom. The van der Waals surface area contributed by atoms with Crippen molar-refractivity contribution in [2.24, 2.45) is 0 Å². The molecule has 1 aliphatic rings. The lowest BCUT2D eigenvalue weighted by atomic mass is 10.1. The average Bonchev–Trinajstić information content (AvgIpc) is 2.91. The Morgan fingerprint density at radius 3 is 2.26 bits per heavy atom. The zero-order valence-electron chi connectivity index (χ0n) is 15.1. The van der Waals surface area contributed by atoms with Crippen LogP contribution in [0.4, 0.5) is 0 Å². The molecule has 1 saturated heterocycles. The lowest BCUT2D eigenvalue weighted by Crippen LogP contribution is -2.40. The molecule has 0 atom stereocenters. The number of benzene rings is 2. The number of carbonyl (C=O) groups is 1. The lowest BCUT2D eigenvalue weighted by Gasteiger charge is -2.18. The molecular weight excluding hydrogens is 386 g/mol. The van der Waals surface area contributed by atoms with Gasteiger partial charge in [-0.3, -0.25) is 4.79 Å². The first-order valence-corrected chi connectivity index (χ1v) is 10.4. The molecule has 1 heterocycles. The summed E-state index contributed by atoms with van der Waals surface area (Å²) in [5.41, 5.74) is 2.98. The molecule has 8 heteroatoms. The van der Waals surface area contributed by atoms with Gasteiger partial charge < -0.3 is 5.32 Å². The number of carbonyl (C=O) groups excluding carboxylic acids is 1. The second kappa shape index (κ2) is 8.39. The molecule has 1 fully saturated rings. The fourth-order valence-electron chi connectivity index (χ4n) is 2.85. The fourth-order valence-corrected chi connectivity index (χ4v) is 4.52. The van der Waals surface area contributed by atoms with Crippen molar-refractivity contribution in [1.82, 2.24) is 13.9 Å². The summed E-state index contributed by atoms with van der Waals surface area (Å²) in [5, 5.41) is 3.38. The standard InChI is InChI=1S/C19H22ClN3O3S/c1-15-2-4-16(5-3-15)12-21-19(24)14-23-11-10-22(27(23,25)26)13-17-6-8-18(20)9-7-17/h2-9H,10-14H2,1H3,(H,21,24). The van der Waals surface area contributed by atoms with Gasteiger partial charge in [-0.05, 0) is 30.2 Å². The Labute approximate surface area is 164 Å². The molecule has 0 aliphatic carbocycles. The van der Waals surface area contributed by atoms with Crippen LogP contribution in [-0.4, -0.2) is 42.6 Å². The lowest BCUT2D eigenvalue weighted by molar-refractivity contribution is -0.121. The first-order valence-electron chi connectivity index (χ1n) is 8.66. The van der Waals surface area contributed by atoms with E-state index < -0.39 is 10.2 Å². The number of nitrogens with zero attached hydrogens (tertiary/aromatic N) is 2. The van der Waals surface area contributed by atoms with Crippen LogP contribution in [0.15, 0.2) is 48.5 Å². The third-order valence-corrected chi connectivity index (χ3v) is 6.63. The molecule has 0 unspecified atom stereocenters. The van der Waals surface area contributed by atoms with Gasteiger partial charge in [-0.1, -0.05) is 53.6 Å². The smallest absolute Gasteiger partial charge is 0.282 e. The van der Waals surface area contributed by atoms with Crippen LogP contribution < -0.4 is 5.32 Å². The van der Waals surface area contributed by atoms with Gasteiger partial charge in [0.15, 0.2) is 0 Å². The molecule has 0 saturated carbocycles. The van der Waals surface area contributed by atoms with E-state index in [1.54, 1.807) is 24.3 Å². The maximum atomic E-state index is 12.7. The minimum absolute atomic E-state index is 0.175. The van der Waals surface area contributed by atoms with Gasteiger partial charge in [0.05, 0.1) is 6.54 Å². The molecule has 0 aromatic heterocycles. The summed E-state index contributed by atoms with van der Waals surface area (Å²) in [6, 6.07) is 14.9. The molecule has 2 aromatic rings. The molecule has 3 rings (SSSR count). The van der Waals surface area contributed by atoms with E-state index >= 15 is 0 Å². The normalized spacial score (nSPS) is 17.1. The summed E-state index contributed by atoms with van der Waals surface area (Å²) in [5.74, 6) is -0.313. The number of hydrogen-bond acceptors (Lipinski definition) is 3. The average molecular weight is 408 g/mol. The van der Waals surface area contributed by atoms with E-state index in [1.165, 1.54) is 8.61 Å². The number of aryl methyl sites for hydroxylation is 1. The quantitative estimate of drug-likeness (QED) is 0.798. The minimum Gasteiger partial charge on any atom is -0.351 e. The van der Waals surface area contributed by atoms with Gasteiger partial charge in [0.2, 0.25) is 5.91 Å². The zero-order chi connectivity index (χ0) is 19.4. The highest BCUT2D eigenvalue weighted by Crippen LogP contribution is 2.20. The Bertz CT molecular complexity index is 899. The molecular formula is C19H22ClN3O3S. The highest BCUT2D eigenvalue weighted by molar-refractivity contribution is 7.87. The molecule has 144 valence electrons. The Hall–Kier alpha value is -1.93. The molecule has 0 spiro atoms. The van der Waals surface area contributed by atoms with Crippen molar-refractivity contribution in [1.29, 1.82) is 0 Å². The van der Waals surface area contributed by atoms with Crippen molar-refractivity contribution in [3.63, 3.8) is 0 Å². The largest absolute Gasteiger partial charge is 0.351 e. The second-order valence-corrected chi connectivity index (χ2v) is 8.93. The third-order valence-electron chi connectivity index (χ3n) is 4.45. The van der Waals surface area contributed by atoms with E-state index in [2.05, 4.69) is 5.32 Å². The summed E-state index contributed by atoms with van der Waals surface area (Å²) < 4.78 is 27.9. The molecule has 27 heavy (non-hydrogen) atoms. The van der Waals surface area contributed by atoms with Crippen molar-refractivity contribution < 1.29 is 13.2 Å². The van der Waals surface area contributed by atoms with E-state index in [4.69, 9.17) is 11.6 Å². The van der Waals surface area contributed by atoms with E-state index in [0.29, 0.717) is 24.7 Å². The third kappa shape index (κ3) is 5.07. The maximum Gasteiger partial charge on any atom is 0.282 e. The van der Waals surface area contributed by atoms with Gasteiger partial charge in [-0.15, -0.1) is 0 Å². The van der Waals surface area contributed by atoms with Crippen LogP contribution in [0.25, 0.3) is 0 Å². The van der Waals surface area contributed by atoms with E-state index in [9.17, 15) is 13.2 Å². The summed E-state index contributed by atoms with van der Waals surface area (Å²) in [7, 11) is -3.65. The number of halogens is 1. The van der Waals surface area contributed by atoms with Crippen molar-refractivity contribution in [2.45, 2.75) is 20.0 Å². The first kappa shape index (κ1) is 19.8. The molecule has 6 nitrogen and oxygen atoms in total. The molecule has 1 N–H and O–H groups in total. The summed E-state index contributed by atoms with van der Waals surface area (Å²) >= 11 is 5.86. The Morgan fingerprint density at radius 1 is 1.00 bits per heavy atom. The number of hydrogen-bond donors (Lipinski definition) is 1. The summed E-state index contributed by atoms with van der Waals surface area (Å²) in [6.45, 7) is 3.12. The molecule has 0 radical (unpaired) electrons. The first-order chi connectivity index (χ1) is 12.8. The van der Waals surface area contributed by atoms with Crippen LogP contribution in [-0.2, 0) is 28.1 Å². The van der Waals surface area contributed by atoms with Gasteiger partial charge in [-0.2, -0.15) is 17.0 Å². The van der Waals surface area contributed by atoms with Crippen molar-refractivity contribution in [3.8, 4) is 0 Å². The molecule has 1 amide bonds. The Kier molecular flexibility index (Phi) is 6.16. The van der Waals surface area contributed by atoms with Crippen molar-refractivity contribution >= 4 is 27.7 Å². The van der Waals surface area contributed by atoms with Crippen molar-refractivity contribution in [2.75, 3.05) is 19.6 Å². The number of amides is 1. The second-order valence-electron chi connectivity index (χ2n) is 6.56. The predicted octanol–water partition coefficient (Wildman–Crippen LogP) is 2.33. The van der Waals surface area contributed by atoms with E-state index in [1.807, 2.05) is 31.2 Å². The van der Waals surface area contributed by atoms with Crippen LogP contribution in [0.3, 0.4) is 0 Å². The van der Waals surface area contributed by atoms with Crippen LogP contribution in [0.5, 0.6) is 0 Å². The zero-order valence-corrected chi connectivity index (χ0v) is 16.6. The number of rotatable bonds is 6. The summed E-state index contributed by atoms with van der Waals surface area (Å²) in [4.78, 5) is 12.2. The molecule has 0 bridgehead atoms. The number of nitrogens with one attached hydrogen (secondary N) is 1. The molecule has 1 aliphatic heterocycles. The highest BCUT2D eigenvalue weighted by atomic mass is 35.5. The van der Waals surface area contributed by atoms with Crippen LogP contribution in [0.2, 0.25) is 5.02 Å². The Balaban J connectivity index is 1.55. The maximum absolute atomic E-state index is 12.7. The minimum atomic E-state index is -3.65. The topological polar surface area (TPSA) is 69.7 Å². The monoisotopic (exact) mass is 407 g/mol. The predicted molar refractivity (Wildman–Crippen MR) is 105 cm³/mol. The highest BCUT2D eigenvalue weighted by Gasteiger charge is 2.37. The van der Waals surface area contributed by atoms with Gasteiger partial charge in [0.25, 0.3) is 10.2 Å².